The Kier molecular flexibility index (Phi) is 4.95. The molecule has 0 aliphatic carbocycles. The molecule has 1 heterocycles. The second-order valence-corrected chi connectivity index (χ2v) is 6.68. The summed E-state index contributed by atoms with van der Waals surface area (Å²) in [6.45, 7) is 2.58. The van der Waals surface area contributed by atoms with Crippen molar-refractivity contribution in [3.05, 3.63) is 58.6 Å². The van der Waals surface area contributed by atoms with Crippen molar-refractivity contribution in [1.29, 1.82) is 0 Å². The number of aromatic hydroxyl groups is 1. The minimum absolute atomic E-state index is 0.0191. The molecule has 0 spiro atoms. The number of nitrogens with one attached hydrogen (secondary N) is 1. The van der Waals surface area contributed by atoms with Crippen LogP contribution in [0.5, 0.6) is 5.75 Å². The molecule has 6 heteroatoms. The molecular formula is C19H19ClN2O3. The first-order valence-corrected chi connectivity index (χ1v) is 8.43. The molecule has 0 bridgehead atoms. The maximum absolute atomic E-state index is 12.4. The van der Waals surface area contributed by atoms with E-state index in [2.05, 4.69) is 5.32 Å². The second kappa shape index (κ2) is 7.15. The monoisotopic (exact) mass is 358 g/mol. The van der Waals surface area contributed by atoms with E-state index in [4.69, 9.17) is 11.6 Å². The summed E-state index contributed by atoms with van der Waals surface area (Å²) in [5.74, 6) is -0.774. The molecule has 1 aliphatic heterocycles. The van der Waals surface area contributed by atoms with Gasteiger partial charge in [0.2, 0.25) is 11.8 Å². The van der Waals surface area contributed by atoms with Gasteiger partial charge in [-0.25, -0.2) is 0 Å². The van der Waals surface area contributed by atoms with Gasteiger partial charge >= 0.3 is 0 Å². The summed E-state index contributed by atoms with van der Waals surface area (Å²) < 4.78 is 0. The molecule has 0 radical (unpaired) electrons. The molecule has 0 saturated carbocycles. The molecule has 1 atom stereocenters. The predicted octanol–water partition coefficient (Wildman–Crippen LogP) is 3.34. The summed E-state index contributed by atoms with van der Waals surface area (Å²) in [5.41, 5.74) is 2.11. The molecule has 3 rings (SSSR count). The lowest BCUT2D eigenvalue weighted by Crippen LogP contribution is -2.28. The van der Waals surface area contributed by atoms with E-state index in [1.54, 1.807) is 29.2 Å². The Bertz CT molecular complexity index is 822. The Balaban J connectivity index is 1.65. The van der Waals surface area contributed by atoms with Crippen LogP contribution < -0.4 is 5.32 Å². The lowest BCUT2D eigenvalue weighted by molar-refractivity contribution is -0.128. The number of rotatable bonds is 4. The third-order valence-corrected chi connectivity index (χ3v) is 4.68. The van der Waals surface area contributed by atoms with Gasteiger partial charge in [0, 0.05) is 24.5 Å². The first kappa shape index (κ1) is 17.3. The van der Waals surface area contributed by atoms with Crippen molar-refractivity contribution in [1.82, 2.24) is 4.90 Å². The third kappa shape index (κ3) is 3.94. The quantitative estimate of drug-likeness (QED) is 0.823. The molecule has 2 amide bonds. The fraction of sp³-hybridized carbons (Fsp3) is 0.263. The van der Waals surface area contributed by atoms with Crippen LogP contribution in [0.4, 0.5) is 5.69 Å². The van der Waals surface area contributed by atoms with Crippen LogP contribution in [-0.4, -0.2) is 28.4 Å². The molecule has 0 unspecified atom stereocenters. The van der Waals surface area contributed by atoms with Crippen molar-refractivity contribution >= 4 is 29.1 Å². The summed E-state index contributed by atoms with van der Waals surface area (Å²) in [6, 6.07) is 12.4. The molecule has 130 valence electrons. The van der Waals surface area contributed by atoms with Gasteiger partial charge in [0.1, 0.15) is 5.75 Å². The van der Waals surface area contributed by atoms with Crippen molar-refractivity contribution in [2.75, 3.05) is 11.9 Å². The SMILES string of the molecule is Cc1ccc(NC(=O)[C@H]2CC(=O)N(Cc3ccccc3Cl)C2)c(O)c1. The van der Waals surface area contributed by atoms with E-state index >= 15 is 0 Å². The van der Waals surface area contributed by atoms with Gasteiger partial charge in [-0.2, -0.15) is 0 Å². The first-order chi connectivity index (χ1) is 11.9. The van der Waals surface area contributed by atoms with Crippen LogP contribution >= 0.6 is 11.6 Å². The van der Waals surface area contributed by atoms with E-state index < -0.39 is 5.92 Å². The number of carbonyl (C=O) groups excluding carboxylic acids is 2. The van der Waals surface area contributed by atoms with Gasteiger partial charge in [0.25, 0.3) is 0 Å². The number of aryl methyl sites for hydroxylation is 1. The Morgan fingerprint density at radius 2 is 2.08 bits per heavy atom. The molecule has 2 aromatic carbocycles. The molecule has 1 fully saturated rings. The molecule has 1 aliphatic rings. The van der Waals surface area contributed by atoms with Gasteiger partial charge in [-0.05, 0) is 36.2 Å². The highest BCUT2D eigenvalue weighted by molar-refractivity contribution is 6.31. The summed E-state index contributed by atoms with van der Waals surface area (Å²) in [4.78, 5) is 26.3. The van der Waals surface area contributed by atoms with Gasteiger partial charge < -0.3 is 15.3 Å². The number of benzene rings is 2. The number of nitrogens with zero attached hydrogens (tertiary/aromatic N) is 1. The van der Waals surface area contributed by atoms with Crippen molar-refractivity contribution in [3.8, 4) is 5.75 Å². The number of phenolic OH excluding ortho intramolecular Hbond substituents is 1. The Labute approximate surface area is 151 Å². The average molecular weight is 359 g/mol. The summed E-state index contributed by atoms with van der Waals surface area (Å²) in [5, 5.41) is 13.2. The van der Waals surface area contributed by atoms with Crippen molar-refractivity contribution in [2.24, 2.45) is 5.92 Å². The fourth-order valence-corrected chi connectivity index (χ4v) is 3.11. The van der Waals surface area contributed by atoms with Crippen molar-refractivity contribution in [3.63, 3.8) is 0 Å². The van der Waals surface area contributed by atoms with Gasteiger partial charge in [-0.1, -0.05) is 35.9 Å². The van der Waals surface area contributed by atoms with Crippen LogP contribution in [0.3, 0.4) is 0 Å². The molecule has 5 nitrogen and oxygen atoms in total. The molecule has 1 saturated heterocycles. The van der Waals surface area contributed by atoms with Gasteiger partial charge in [-0.15, -0.1) is 0 Å². The minimum atomic E-state index is -0.448. The van der Waals surface area contributed by atoms with Gasteiger partial charge in [0.15, 0.2) is 0 Å². The number of anilines is 1. The highest BCUT2D eigenvalue weighted by Gasteiger charge is 2.34. The number of phenols is 1. The molecule has 2 N–H and O–H groups in total. The molecule has 2 aromatic rings. The van der Waals surface area contributed by atoms with Crippen molar-refractivity contribution < 1.29 is 14.7 Å². The number of halogens is 1. The zero-order valence-corrected chi connectivity index (χ0v) is 14.6. The van der Waals surface area contributed by atoms with Crippen LogP contribution in [-0.2, 0) is 16.1 Å². The fourth-order valence-electron chi connectivity index (χ4n) is 2.92. The van der Waals surface area contributed by atoms with E-state index in [0.29, 0.717) is 23.8 Å². The maximum Gasteiger partial charge on any atom is 0.229 e. The number of carbonyl (C=O) groups is 2. The summed E-state index contributed by atoms with van der Waals surface area (Å²) in [7, 11) is 0. The van der Waals surface area contributed by atoms with E-state index in [1.807, 2.05) is 25.1 Å². The first-order valence-electron chi connectivity index (χ1n) is 8.05. The zero-order chi connectivity index (χ0) is 18.0. The Hall–Kier alpha value is -2.53. The summed E-state index contributed by atoms with van der Waals surface area (Å²) in [6.07, 6.45) is 0.156. The number of amides is 2. The Morgan fingerprint density at radius 1 is 1.32 bits per heavy atom. The number of hydrogen-bond acceptors (Lipinski definition) is 3. The largest absolute Gasteiger partial charge is 0.506 e. The lowest BCUT2D eigenvalue weighted by Gasteiger charge is -2.17. The standard InChI is InChI=1S/C19H19ClN2O3/c1-12-6-7-16(17(23)8-12)21-19(25)14-9-18(24)22(11-14)10-13-4-2-3-5-15(13)20/h2-8,14,23H,9-11H2,1H3,(H,21,25)/t14-/m0/s1. The van der Waals surface area contributed by atoms with E-state index in [0.717, 1.165) is 11.1 Å². The lowest BCUT2D eigenvalue weighted by atomic mass is 10.1. The zero-order valence-electron chi connectivity index (χ0n) is 13.8. The maximum atomic E-state index is 12.4. The topological polar surface area (TPSA) is 69.6 Å². The number of likely N-dealkylation sites (tertiary alicyclic amines) is 1. The predicted molar refractivity (Wildman–Crippen MR) is 96.4 cm³/mol. The normalized spacial score (nSPS) is 17.0. The van der Waals surface area contributed by atoms with Crippen LogP contribution in [0.1, 0.15) is 17.5 Å². The molecule has 0 aromatic heterocycles. The van der Waals surface area contributed by atoms with Crippen LogP contribution in [0.25, 0.3) is 0 Å². The van der Waals surface area contributed by atoms with Gasteiger partial charge in [0.05, 0.1) is 11.6 Å². The van der Waals surface area contributed by atoms with Gasteiger partial charge in [-0.3, -0.25) is 9.59 Å². The summed E-state index contributed by atoms with van der Waals surface area (Å²) >= 11 is 6.14. The highest BCUT2D eigenvalue weighted by atomic mass is 35.5. The molecule has 25 heavy (non-hydrogen) atoms. The van der Waals surface area contributed by atoms with E-state index in [1.165, 1.54) is 0 Å². The van der Waals surface area contributed by atoms with Crippen LogP contribution in [0.15, 0.2) is 42.5 Å². The van der Waals surface area contributed by atoms with E-state index in [-0.39, 0.29) is 24.0 Å². The van der Waals surface area contributed by atoms with Crippen LogP contribution in [0.2, 0.25) is 5.02 Å². The van der Waals surface area contributed by atoms with Crippen molar-refractivity contribution in [2.45, 2.75) is 19.9 Å². The van der Waals surface area contributed by atoms with Crippen LogP contribution in [0, 0.1) is 12.8 Å². The average Bonchev–Trinajstić information content (AvgIpc) is 2.93. The Morgan fingerprint density at radius 3 is 2.80 bits per heavy atom. The smallest absolute Gasteiger partial charge is 0.229 e. The highest BCUT2D eigenvalue weighted by Crippen LogP contribution is 2.27. The minimum Gasteiger partial charge on any atom is -0.506 e. The number of hydrogen-bond donors (Lipinski definition) is 2. The van der Waals surface area contributed by atoms with E-state index in [9.17, 15) is 14.7 Å². The molecular weight excluding hydrogens is 340 g/mol. The second-order valence-electron chi connectivity index (χ2n) is 6.28. The third-order valence-electron chi connectivity index (χ3n) is 4.32.